The Morgan fingerprint density at radius 2 is 1.57 bits per heavy atom. The highest BCUT2D eigenvalue weighted by atomic mass is 16.7. The average Bonchev–Trinajstić information content (AvgIpc) is 2.46. The molecule has 5 heteroatoms. The van der Waals surface area contributed by atoms with E-state index in [1.165, 1.54) is 0 Å². The second-order valence-corrected chi connectivity index (χ2v) is 5.65. The maximum Gasteiger partial charge on any atom is 0.308 e. The van der Waals surface area contributed by atoms with Crippen LogP contribution in [0.1, 0.15) is 77.0 Å². The lowest BCUT2D eigenvalue weighted by Crippen LogP contribution is -2.25. The molecule has 1 heterocycles. The number of carboxylic acid groups (broad SMARTS) is 1. The molecule has 5 nitrogen and oxygen atoms in total. The Morgan fingerprint density at radius 3 is 2.14 bits per heavy atom. The summed E-state index contributed by atoms with van der Waals surface area (Å²) < 4.78 is 10.6. The first kappa shape index (κ1) is 18.0. The molecule has 0 aromatic rings. The quantitative estimate of drug-likeness (QED) is 0.466. The molecule has 0 aromatic heterocycles. The molecule has 1 N–H and O–H groups in total. The van der Waals surface area contributed by atoms with Crippen molar-refractivity contribution in [1.29, 1.82) is 0 Å². The van der Waals surface area contributed by atoms with Crippen LogP contribution in [0.4, 0.5) is 0 Å². The van der Waals surface area contributed by atoms with E-state index in [-0.39, 0.29) is 18.7 Å². The van der Waals surface area contributed by atoms with Gasteiger partial charge in [0.2, 0.25) is 6.29 Å². The molecule has 1 aliphatic heterocycles. The molecule has 0 bridgehead atoms. The van der Waals surface area contributed by atoms with E-state index in [4.69, 9.17) is 14.6 Å². The van der Waals surface area contributed by atoms with Gasteiger partial charge in [-0.25, -0.2) is 0 Å². The highest BCUT2D eigenvalue weighted by Gasteiger charge is 2.17. The minimum absolute atomic E-state index is 0.150. The molecule has 1 atom stereocenters. The molecule has 122 valence electrons. The van der Waals surface area contributed by atoms with Crippen molar-refractivity contribution in [2.75, 3.05) is 6.61 Å². The number of ether oxygens (including phenoxy) is 2. The fraction of sp³-hybridized carbons (Fsp3) is 0.875. The molecule has 1 unspecified atom stereocenters. The van der Waals surface area contributed by atoms with Crippen LogP contribution in [0, 0.1) is 0 Å². The summed E-state index contributed by atoms with van der Waals surface area (Å²) in [4.78, 5) is 21.9. The number of hydrogen-bond donors (Lipinski definition) is 1. The van der Waals surface area contributed by atoms with Crippen molar-refractivity contribution in [2.24, 2.45) is 0 Å². The Bertz CT molecular complexity index is 297. The highest BCUT2D eigenvalue weighted by molar-refractivity contribution is 5.69. The van der Waals surface area contributed by atoms with Crippen molar-refractivity contribution in [3.63, 3.8) is 0 Å². The van der Waals surface area contributed by atoms with Gasteiger partial charge in [0.05, 0.1) is 6.61 Å². The molecule has 1 fully saturated rings. The molecular formula is C16H28O5. The maximum absolute atomic E-state index is 11.6. The van der Waals surface area contributed by atoms with Crippen LogP contribution in [0.15, 0.2) is 0 Å². The summed E-state index contributed by atoms with van der Waals surface area (Å²) in [6.07, 6.45) is 10.3. The Morgan fingerprint density at radius 1 is 0.952 bits per heavy atom. The van der Waals surface area contributed by atoms with Gasteiger partial charge < -0.3 is 14.6 Å². The third-order valence-corrected chi connectivity index (χ3v) is 3.67. The zero-order chi connectivity index (χ0) is 15.3. The average molecular weight is 300 g/mol. The molecule has 1 aliphatic rings. The Kier molecular flexibility index (Phi) is 9.87. The molecule has 0 aliphatic carbocycles. The van der Waals surface area contributed by atoms with Gasteiger partial charge in [-0.1, -0.05) is 32.1 Å². The minimum atomic E-state index is -0.713. The van der Waals surface area contributed by atoms with Gasteiger partial charge in [0.15, 0.2) is 0 Å². The van der Waals surface area contributed by atoms with E-state index in [1.54, 1.807) is 0 Å². The summed E-state index contributed by atoms with van der Waals surface area (Å²) in [5, 5.41) is 8.50. The molecule has 0 saturated carbocycles. The van der Waals surface area contributed by atoms with Gasteiger partial charge in [0.1, 0.15) is 0 Å². The van der Waals surface area contributed by atoms with Gasteiger partial charge in [0.25, 0.3) is 0 Å². The van der Waals surface area contributed by atoms with Crippen molar-refractivity contribution < 1.29 is 24.2 Å². The Hall–Kier alpha value is -1.10. The van der Waals surface area contributed by atoms with Gasteiger partial charge in [0, 0.05) is 19.3 Å². The molecule has 0 aromatic carbocycles. The predicted octanol–water partition coefficient (Wildman–Crippen LogP) is 3.65. The third kappa shape index (κ3) is 10.3. The predicted molar refractivity (Wildman–Crippen MR) is 78.9 cm³/mol. The lowest BCUT2D eigenvalue weighted by atomic mass is 10.1. The summed E-state index contributed by atoms with van der Waals surface area (Å²) >= 11 is 0. The lowest BCUT2D eigenvalue weighted by molar-refractivity contribution is -0.186. The van der Waals surface area contributed by atoms with Crippen molar-refractivity contribution in [3.8, 4) is 0 Å². The van der Waals surface area contributed by atoms with E-state index >= 15 is 0 Å². The van der Waals surface area contributed by atoms with E-state index < -0.39 is 5.97 Å². The summed E-state index contributed by atoms with van der Waals surface area (Å²) in [5.74, 6) is -0.862. The van der Waals surface area contributed by atoms with E-state index in [0.29, 0.717) is 13.0 Å². The zero-order valence-electron chi connectivity index (χ0n) is 12.8. The van der Waals surface area contributed by atoms with E-state index in [9.17, 15) is 9.59 Å². The largest absolute Gasteiger partial charge is 0.481 e. The summed E-state index contributed by atoms with van der Waals surface area (Å²) in [5.41, 5.74) is 0. The van der Waals surface area contributed by atoms with Crippen molar-refractivity contribution >= 4 is 11.9 Å². The van der Waals surface area contributed by atoms with Crippen LogP contribution in [0.2, 0.25) is 0 Å². The van der Waals surface area contributed by atoms with Crippen LogP contribution >= 0.6 is 0 Å². The van der Waals surface area contributed by atoms with Crippen molar-refractivity contribution in [1.82, 2.24) is 0 Å². The number of carbonyl (C=O) groups excluding carboxylic acids is 1. The minimum Gasteiger partial charge on any atom is -0.481 e. The molecule has 1 rings (SSSR count). The van der Waals surface area contributed by atoms with E-state index in [2.05, 4.69) is 0 Å². The number of esters is 1. The fourth-order valence-electron chi connectivity index (χ4n) is 2.44. The fourth-order valence-corrected chi connectivity index (χ4v) is 2.44. The molecule has 0 spiro atoms. The van der Waals surface area contributed by atoms with E-state index in [1.807, 2.05) is 0 Å². The van der Waals surface area contributed by atoms with Crippen molar-refractivity contribution in [3.05, 3.63) is 0 Å². The van der Waals surface area contributed by atoms with Crippen LogP contribution in [0.25, 0.3) is 0 Å². The topological polar surface area (TPSA) is 72.8 Å². The molecule has 0 radical (unpaired) electrons. The van der Waals surface area contributed by atoms with Crippen LogP contribution < -0.4 is 0 Å². The molecule has 1 saturated heterocycles. The molecular weight excluding hydrogens is 272 g/mol. The Balaban J connectivity index is 1.85. The van der Waals surface area contributed by atoms with Crippen LogP contribution in [0.3, 0.4) is 0 Å². The number of carboxylic acids is 1. The second kappa shape index (κ2) is 11.5. The monoisotopic (exact) mass is 300 g/mol. The van der Waals surface area contributed by atoms with Gasteiger partial charge in [-0.05, 0) is 25.7 Å². The first-order valence-corrected chi connectivity index (χ1v) is 8.21. The number of hydrogen-bond acceptors (Lipinski definition) is 4. The van der Waals surface area contributed by atoms with Crippen molar-refractivity contribution in [2.45, 2.75) is 83.3 Å². The molecule has 21 heavy (non-hydrogen) atoms. The van der Waals surface area contributed by atoms with Crippen LogP contribution in [-0.2, 0) is 19.1 Å². The third-order valence-electron chi connectivity index (χ3n) is 3.67. The van der Waals surface area contributed by atoms with Gasteiger partial charge >= 0.3 is 11.9 Å². The summed E-state index contributed by atoms with van der Waals surface area (Å²) in [7, 11) is 0. The first-order valence-electron chi connectivity index (χ1n) is 8.21. The number of aliphatic carboxylic acids is 1. The summed E-state index contributed by atoms with van der Waals surface area (Å²) in [6, 6.07) is 0. The number of rotatable bonds is 11. The SMILES string of the molecule is O=C(O)CCCCCCCCCC(=O)OC1CCCCO1. The van der Waals surface area contributed by atoms with Crippen LogP contribution in [0.5, 0.6) is 0 Å². The van der Waals surface area contributed by atoms with Crippen LogP contribution in [-0.4, -0.2) is 29.9 Å². The smallest absolute Gasteiger partial charge is 0.308 e. The lowest BCUT2D eigenvalue weighted by Gasteiger charge is -2.22. The summed E-state index contributed by atoms with van der Waals surface area (Å²) in [6.45, 7) is 0.694. The maximum atomic E-state index is 11.6. The normalized spacial score (nSPS) is 18.4. The number of carbonyl (C=O) groups is 2. The standard InChI is InChI=1S/C16H28O5/c17-14(18)10-6-4-2-1-3-5-7-11-15(19)21-16-12-8-9-13-20-16/h16H,1-13H2,(H,17,18). The van der Waals surface area contributed by atoms with Gasteiger partial charge in [-0.2, -0.15) is 0 Å². The zero-order valence-corrected chi connectivity index (χ0v) is 12.8. The van der Waals surface area contributed by atoms with E-state index in [0.717, 1.165) is 64.2 Å². The highest BCUT2D eigenvalue weighted by Crippen LogP contribution is 2.15. The van der Waals surface area contributed by atoms with Gasteiger partial charge in [-0.3, -0.25) is 9.59 Å². The molecule has 0 amide bonds. The van der Waals surface area contributed by atoms with Gasteiger partial charge in [-0.15, -0.1) is 0 Å². The Labute approximate surface area is 127 Å². The first-order chi connectivity index (χ1) is 10.2. The second-order valence-electron chi connectivity index (χ2n) is 5.65. The number of unbranched alkanes of at least 4 members (excludes halogenated alkanes) is 6.